The van der Waals surface area contributed by atoms with Crippen molar-refractivity contribution in [3.8, 4) is 23.0 Å². The number of ketones is 1. The van der Waals surface area contributed by atoms with Gasteiger partial charge in [-0.05, 0) is 48.5 Å². The highest BCUT2D eigenvalue weighted by Gasteiger charge is 2.26. The molecule has 0 aliphatic heterocycles. The molecule has 0 unspecified atom stereocenters. The van der Waals surface area contributed by atoms with Crippen molar-refractivity contribution < 1.29 is 4.79 Å². The average Bonchev–Trinajstić information content (AvgIpc) is 3.14. The van der Waals surface area contributed by atoms with Gasteiger partial charge in [-0.2, -0.15) is 10.4 Å². The molecule has 0 spiro atoms. The highest BCUT2D eigenvalue weighted by atomic mass is 35.5. The van der Waals surface area contributed by atoms with E-state index in [0.717, 1.165) is 0 Å². The van der Waals surface area contributed by atoms with Crippen molar-refractivity contribution in [3.05, 3.63) is 106 Å². The van der Waals surface area contributed by atoms with Crippen LogP contribution in [0.15, 0.2) is 78.9 Å². The smallest absolute Gasteiger partial charge is 0.198 e. The van der Waals surface area contributed by atoms with E-state index in [4.69, 9.17) is 23.2 Å². The first kappa shape index (κ1) is 18.9. The van der Waals surface area contributed by atoms with Gasteiger partial charge >= 0.3 is 0 Å². The molecule has 3 aromatic carbocycles. The Bertz CT molecular complexity index is 1220. The summed E-state index contributed by atoms with van der Waals surface area (Å²) in [6.45, 7) is 0. The Labute approximate surface area is 177 Å². The first-order chi connectivity index (χ1) is 14.1. The maximum Gasteiger partial charge on any atom is 0.198 e. The van der Waals surface area contributed by atoms with E-state index in [-0.39, 0.29) is 17.0 Å². The number of halogens is 2. The molecule has 0 saturated carbocycles. The minimum atomic E-state index is -0.301. The predicted octanol–water partition coefficient (Wildman–Crippen LogP) is 5.95. The van der Waals surface area contributed by atoms with Gasteiger partial charge in [0.2, 0.25) is 0 Å². The van der Waals surface area contributed by atoms with Crippen LogP contribution in [0.25, 0.3) is 16.9 Å². The Morgan fingerprint density at radius 3 is 2.03 bits per heavy atom. The quantitative estimate of drug-likeness (QED) is 0.385. The number of carbonyl (C=O) groups excluding carboxylic acids is 1. The standard InChI is InChI=1S/C23H13Cl2N3O/c24-17-10-6-15(7-11-17)22-21(23(29)16-8-12-18(25)13-9-16)20(14-26)28(27-22)19-4-2-1-3-5-19/h1-13H. The summed E-state index contributed by atoms with van der Waals surface area (Å²) >= 11 is 12.0. The van der Waals surface area contributed by atoms with Crippen LogP contribution in [0.5, 0.6) is 0 Å². The largest absolute Gasteiger partial charge is 0.288 e. The first-order valence-corrected chi connectivity index (χ1v) is 9.49. The van der Waals surface area contributed by atoms with E-state index < -0.39 is 0 Å². The molecule has 0 bridgehead atoms. The van der Waals surface area contributed by atoms with Crippen LogP contribution in [0.4, 0.5) is 0 Å². The summed E-state index contributed by atoms with van der Waals surface area (Å²) in [5.41, 5.74) is 2.63. The van der Waals surface area contributed by atoms with Crippen molar-refractivity contribution in [1.82, 2.24) is 9.78 Å². The van der Waals surface area contributed by atoms with Gasteiger partial charge in [-0.25, -0.2) is 4.68 Å². The van der Waals surface area contributed by atoms with Gasteiger partial charge < -0.3 is 0 Å². The molecule has 0 radical (unpaired) electrons. The van der Waals surface area contributed by atoms with Crippen LogP contribution in [-0.4, -0.2) is 15.6 Å². The number of aromatic nitrogens is 2. The lowest BCUT2D eigenvalue weighted by Crippen LogP contribution is -2.06. The van der Waals surface area contributed by atoms with E-state index in [1.165, 1.54) is 4.68 Å². The molecule has 140 valence electrons. The van der Waals surface area contributed by atoms with E-state index >= 15 is 0 Å². The summed E-state index contributed by atoms with van der Waals surface area (Å²) in [4.78, 5) is 13.4. The van der Waals surface area contributed by atoms with Gasteiger partial charge in [-0.3, -0.25) is 4.79 Å². The van der Waals surface area contributed by atoms with Gasteiger partial charge in [-0.15, -0.1) is 0 Å². The van der Waals surface area contributed by atoms with E-state index in [1.54, 1.807) is 48.5 Å². The van der Waals surface area contributed by atoms with Crippen LogP contribution < -0.4 is 0 Å². The zero-order chi connectivity index (χ0) is 20.4. The van der Waals surface area contributed by atoms with Crippen molar-refractivity contribution in [3.63, 3.8) is 0 Å². The molecule has 0 saturated heterocycles. The van der Waals surface area contributed by atoms with Crippen LogP contribution in [0.3, 0.4) is 0 Å². The van der Waals surface area contributed by atoms with Gasteiger partial charge in [0, 0.05) is 21.2 Å². The molecule has 1 aromatic heterocycles. The molecule has 0 N–H and O–H groups in total. The third kappa shape index (κ3) is 3.66. The van der Waals surface area contributed by atoms with Crippen molar-refractivity contribution in [2.75, 3.05) is 0 Å². The zero-order valence-corrected chi connectivity index (χ0v) is 16.5. The second kappa shape index (κ2) is 7.92. The molecule has 0 amide bonds. The molecular weight excluding hydrogens is 405 g/mol. The van der Waals surface area contributed by atoms with Crippen molar-refractivity contribution in [2.45, 2.75) is 0 Å². The summed E-state index contributed by atoms with van der Waals surface area (Å²) < 4.78 is 1.49. The number of nitriles is 1. The summed E-state index contributed by atoms with van der Waals surface area (Å²) in [7, 11) is 0. The minimum absolute atomic E-state index is 0.168. The Balaban J connectivity index is 1.97. The van der Waals surface area contributed by atoms with E-state index in [9.17, 15) is 10.1 Å². The van der Waals surface area contributed by atoms with Gasteiger partial charge in [-0.1, -0.05) is 53.5 Å². The lowest BCUT2D eigenvalue weighted by Gasteiger charge is -2.04. The number of benzene rings is 3. The van der Waals surface area contributed by atoms with Gasteiger partial charge in [0.15, 0.2) is 11.5 Å². The number of carbonyl (C=O) groups is 1. The van der Waals surface area contributed by atoms with Crippen LogP contribution in [0.1, 0.15) is 21.6 Å². The Hall–Kier alpha value is -3.39. The van der Waals surface area contributed by atoms with E-state index in [1.807, 2.05) is 30.3 Å². The molecule has 4 nitrogen and oxygen atoms in total. The summed E-state index contributed by atoms with van der Waals surface area (Å²) in [6, 6.07) is 24.9. The molecule has 4 rings (SSSR count). The Morgan fingerprint density at radius 2 is 1.45 bits per heavy atom. The van der Waals surface area contributed by atoms with Crippen LogP contribution >= 0.6 is 23.2 Å². The Morgan fingerprint density at radius 1 is 0.862 bits per heavy atom. The molecule has 29 heavy (non-hydrogen) atoms. The van der Waals surface area contributed by atoms with Gasteiger partial charge in [0.1, 0.15) is 11.8 Å². The van der Waals surface area contributed by atoms with Crippen LogP contribution in [0, 0.1) is 11.3 Å². The fourth-order valence-electron chi connectivity index (χ4n) is 3.05. The molecule has 4 aromatic rings. The van der Waals surface area contributed by atoms with E-state index in [2.05, 4.69) is 11.2 Å². The number of nitrogens with zero attached hydrogens (tertiary/aromatic N) is 3. The molecular formula is C23H13Cl2N3O. The van der Waals surface area contributed by atoms with Gasteiger partial charge in [0.05, 0.1) is 11.3 Å². The molecule has 6 heteroatoms. The fraction of sp³-hybridized carbons (Fsp3) is 0. The number of rotatable bonds is 4. The molecule has 0 fully saturated rings. The molecule has 0 aliphatic rings. The highest BCUT2D eigenvalue weighted by molar-refractivity contribution is 6.31. The van der Waals surface area contributed by atoms with Crippen LogP contribution in [-0.2, 0) is 0 Å². The highest BCUT2D eigenvalue weighted by Crippen LogP contribution is 2.30. The monoisotopic (exact) mass is 417 g/mol. The lowest BCUT2D eigenvalue weighted by molar-refractivity contribution is 0.103. The Kier molecular flexibility index (Phi) is 5.18. The first-order valence-electron chi connectivity index (χ1n) is 8.73. The second-order valence-electron chi connectivity index (χ2n) is 6.27. The SMILES string of the molecule is N#Cc1c(C(=O)c2ccc(Cl)cc2)c(-c2ccc(Cl)cc2)nn1-c1ccccc1. The maximum absolute atomic E-state index is 13.4. The summed E-state index contributed by atoms with van der Waals surface area (Å²) in [5, 5.41) is 15.6. The van der Waals surface area contributed by atoms with Crippen LogP contribution in [0.2, 0.25) is 10.0 Å². The third-order valence-electron chi connectivity index (χ3n) is 4.44. The van der Waals surface area contributed by atoms with Crippen molar-refractivity contribution in [2.24, 2.45) is 0 Å². The number of para-hydroxylation sites is 1. The maximum atomic E-state index is 13.4. The van der Waals surface area contributed by atoms with Crippen molar-refractivity contribution >= 4 is 29.0 Å². The lowest BCUT2D eigenvalue weighted by atomic mass is 9.98. The normalized spacial score (nSPS) is 10.5. The summed E-state index contributed by atoms with van der Waals surface area (Å²) in [5.74, 6) is -0.301. The predicted molar refractivity (Wildman–Crippen MR) is 114 cm³/mol. The van der Waals surface area contributed by atoms with E-state index in [0.29, 0.717) is 32.6 Å². The number of hydrogen-bond acceptors (Lipinski definition) is 3. The van der Waals surface area contributed by atoms with Gasteiger partial charge in [0.25, 0.3) is 0 Å². The topological polar surface area (TPSA) is 58.7 Å². The molecule has 1 heterocycles. The summed E-state index contributed by atoms with van der Waals surface area (Å²) in [6.07, 6.45) is 0. The second-order valence-corrected chi connectivity index (χ2v) is 7.15. The minimum Gasteiger partial charge on any atom is -0.288 e. The van der Waals surface area contributed by atoms with Crippen molar-refractivity contribution in [1.29, 1.82) is 5.26 Å². The fourth-order valence-corrected chi connectivity index (χ4v) is 3.30. The average molecular weight is 418 g/mol. The molecule has 0 aliphatic carbocycles. The number of hydrogen-bond donors (Lipinski definition) is 0. The third-order valence-corrected chi connectivity index (χ3v) is 4.95. The zero-order valence-electron chi connectivity index (χ0n) is 15.0. The molecule has 0 atom stereocenters.